The van der Waals surface area contributed by atoms with E-state index in [0.717, 1.165) is 24.4 Å². The second-order valence-electron chi connectivity index (χ2n) is 7.13. The highest BCUT2D eigenvalue weighted by Crippen LogP contribution is 2.28. The molecule has 2 N–H and O–H groups in total. The van der Waals surface area contributed by atoms with Crippen molar-refractivity contribution in [2.24, 2.45) is 11.1 Å². The highest BCUT2D eigenvalue weighted by Gasteiger charge is 2.34. The molecule has 2 fully saturated rings. The summed E-state index contributed by atoms with van der Waals surface area (Å²) < 4.78 is 0. The van der Waals surface area contributed by atoms with E-state index in [9.17, 15) is 9.59 Å². The molecule has 2 aliphatic heterocycles. The van der Waals surface area contributed by atoms with Crippen molar-refractivity contribution in [2.75, 3.05) is 52.4 Å². The van der Waals surface area contributed by atoms with Gasteiger partial charge in [0.1, 0.15) is 0 Å². The Morgan fingerprint density at radius 2 is 1.88 bits per heavy atom. The number of rotatable bonds is 4. The minimum atomic E-state index is 0. The van der Waals surface area contributed by atoms with E-state index in [1.54, 1.807) is 0 Å². The largest absolute Gasteiger partial charge is 0.338 e. The summed E-state index contributed by atoms with van der Waals surface area (Å²) in [5.74, 6) is 0.245. The normalized spacial score (nSPS) is 24.2. The molecule has 2 aliphatic rings. The first kappa shape index (κ1) is 20.2. The predicted octanol–water partition coefficient (Wildman–Crippen LogP) is 1.13. The predicted molar refractivity (Wildman–Crippen MR) is 102 cm³/mol. The van der Waals surface area contributed by atoms with E-state index in [2.05, 4.69) is 11.8 Å². The fourth-order valence-corrected chi connectivity index (χ4v) is 4.12. The Hall–Kier alpha value is -1.15. The van der Waals surface area contributed by atoms with Gasteiger partial charge in [0.05, 0.1) is 11.4 Å². The third kappa shape index (κ3) is 4.73. The van der Waals surface area contributed by atoms with E-state index in [4.69, 9.17) is 5.73 Å². The Kier molecular flexibility index (Phi) is 6.85. The van der Waals surface area contributed by atoms with Crippen LogP contribution in [0.4, 0.5) is 0 Å². The van der Waals surface area contributed by atoms with Gasteiger partial charge in [-0.2, -0.15) is 0 Å². The minimum Gasteiger partial charge on any atom is -0.338 e. The van der Waals surface area contributed by atoms with Crippen LogP contribution < -0.4 is 5.73 Å². The van der Waals surface area contributed by atoms with Crippen molar-refractivity contribution in [3.05, 3.63) is 22.4 Å². The molecule has 1 aromatic heterocycles. The van der Waals surface area contributed by atoms with Crippen LogP contribution in [0.5, 0.6) is 0 Å². The highest BCUT2D eigenvalue weighted by atomic mass is 35.5. The van der Waals surface area contributed by atoms with Crippen LogP contribution in [0.15, 0.2) is 17.5 Å². The lowest BCUT2D eigenvalue weighted by Gasteiger charge is -2.35. The van der Waals surface area contributed by atoms with Gasteiger partial charge in [-0.15, -0.1) is 23.7 Å². The fourth-order valence-electron chi connectivity index (χ4n) is 3.43. The number of nitrogens with two attached hydrogens (primary N) is 1. The summed E-state index contributed by atoms with van der Waals surface area (Å²) >= 11 is 1.47. The summed E-state index contributed by atoms with van der Waals surface area (Å²) in [6, 6.07) is 3.75. The third-order valence-electron chi connectivity index (χ3n) is 5.14. The number of thiophene rings is 1. The first-order valence-electron chi connectivity index (χ1n) is 8.54. The average Bonchev–Trinajstić information content (AvgIpc) is 3.25. The van der Waals surface area contributed by atoms with Gasteiger partial charge in [0.25, 0.3) is 5.91 Å². The lowest BCUT2D eigenvalue weighted by molar-refractivity contribution is -0.133. The SMILES string of the molecule is CC1(CN)CCN(CC(=O)N2CCN(C(=O)c3cccs3)CC2)C1.Cl. The van der Waals surface area contributed by atoms with Crippen molar-refractivity contribution in [1.29, 1.82) is 0 Å². The lowest BCUT2D eigenvalue weighted by atomic mass is 9.90. The van der Waals surface area contributed by atoms with Gasteiger partial charge < -0.3 is 15.5 Å². The minimum absolute atomic E-state index is 0. The van der Waals surface area contributed by atoms with Crippen LogP contribution in [-0.4, -0.2) is 78.9 Å². The molecule has 6 nitrogen and oxygen atoms in total. The summed E-state index contributed by atoms with van der Waals surface area (Å²) in [7, 11) is 0. The van der Waals surface area contributed by atoms with Gasteiger partial charge in [-0.25, -0.2) is 0 Å². The second-order valence-corrected chi connectivity index (χ2v) is 8.07. The van der Waals surface area contributed by atoms with E-state index in [0.29, 0.717) is 39.3 Å². The van der Waals surface area contributed by atoms with E-state index in [-0.39, 0.29) is 29.6 Å². The molecule has 1 atom stereocenters. The van der Waals surface area contributed by atoms with Crippen LogP contribution in [0.2, 0.25) is 0 Å². The fraction of sp³-hybridized carbons (Fsp3) is 0.647. The molecule has 3 heterocycles. The van der Waals surface area contributed by atoms with Crippen molar-refractivity contribution >= 4 is 35.6 Å². The first-order chi connectivity index (χ1) is 11.5. The summed E-state index contributed by atoms with van der Waals surface area (Å²) in [6.07, 6.45) is 1.06. The quantitative estimate of drug-likeness (QED) is 0.842. The molecule has 0 saturated carbocycles. The van der Waals surface area contributed by atoms with Gasteiger partial charge in [-0.1, -0.05) is 13.0 Å². The van der Waals surface area contributed by atoms with Crippen molar-refractivity contribution in [1.82, 2.24) is 14.7 Å². The maximum absolute atomic E-state index is 12.5. The van der Waals surface area contributed by atoms with Crippen LogP contribution in [0.25, 0.3) is 0 Å². The third-order valence-corrected chi connectivity index (χ3v) is 6.00. The number of amides is 2. The maximum Gasteiger partial charge on any atom is 0.264 e. The van der Waals surface area contributed by atoms with Gasteiger partial charge in [0.2, 0.25) is 5.91 Å². The standard InChI is InChI=1S/C17H26N4O2S.ClH/c1-17(12-18)4-5-19(13-17)11-15(22)20-6-8-21(9-7-20)16(23)14-3-2-10-24-14;/h2-3,10H,4-9,11-13,18H2,1H3;1H. The lowest BCUT2D eigenvalue weighted by Crippen LogP contribution is -2.52. The van der Waals surface area contributed by atoms with Crippen LogP contribution in [0, 0.1) is 5.41 Å². The first-order valence-corrected chi connectivity index (χ1v) is 9.42. The Morgan fingerprint density at radius 3 is 2.44 bits per heavy atom. The topological polar surface area (TPSA) is 69.9 Å². The summed E-state index contributed by atoms with van der Waals surface area (Å²) in [5, 5.41) is 1.91. The van der Waals surface area contributed by atoms with Gasteiger partial charge in [-0.05, 0) is 36.4 Å². The molecule has 3 rings (SSSR count). The Bertz CT molecular complexity index is 589. The van der Waals surface area contributed by atoms with Crippen molar-refractivity contribution in [3.8, 4) is 0 Å². The number of carbonyl (C=O) groups is 2. The molecule has 140 valence electrons. The molecule has 25 heavy (non-hydrogen) atoms. The Morgan fingerprint density at radius 1 is 1.20 bits per heavy atom. The summed E-state index contributed by atoms with van der Waals surface area (Å²) in [4.78, 5) is 31.6. The zero-order valence-corrected chi connectivity index (χ0v) is 16.3. The van der Waals surface area contributed by atoms with Crippen molar-refractivity contribution < 1.29 is 9.59 Å². The number of likely N-dealkylation sites (tertiary alicyclic amines) is 1. The van der Waals surface area contributed by atoms with E-state index >= 15 is 0 Å². The molecule has 1 aromatic rings. The van der Waals surface area contributed by atoms with E-state index in [1.807, 2.05) is 27.3 Å². The molecule has 0 radical (unpaired) electrons. The number of hydrogen-bond acceptors (Lipinski definition) is 5. The van der Waals surface area contributed by atoms with Crippen LogP contribution in [0.3, 0.4) is 0 Å². The second kappa shape index (κ2) is 8.49. The zero-order valence-electron chi connectivity index (χ0n) is 14.6. The smallest absolute Gasteiger partial charge is 0.264 e. The van der Waals surface area contributed by atoms with Gasteiger partial charge in [-0.3, -0.25) is 14.5 Å². The summed E-state index contributed by atoms with van der Waals surface area (Å²) in [6.45, 7) is 7.63. The average molecular weight is 387 g/mol. The van der Waals surface area contributed by atoms with Crippen LogP contribution in [0.1, 0.15) is 23.0 Å². The molecule has 2 amide bonds. The van der Waals surface area contributed by atoms with Crippen molar-refractivity contribution in [2.45, 2.75) is 13.3 Å². The van der Waals surface area contributed by atoms with E-state index < -0.39 is 0 Å². The molecule has 0 aromatic carbocycles. The number of halogens is 1. The number of hydrogen-bond donors (Lipinski definition) is 1. The number of piperazine rings is 1. The van der Waals surface area contributed by atoms with Crippen LogP contribution >= 0.6 is 23.7 Å². The Labute approximate surface area is 159 Å². The highest BCUT2D eigenvalue weighted by molar-refractivity contribution is 7.12. The molecule has 2 saturated heterocycles. The maximum atomic E-state index is 12.5. The molecule has 1 unspecified atom stereocenters. The molecule has 0 aliphatic carbocycles. The molecule has 0 spiro atoms. The molecular formula is C17H27ClN4O2S. The molecule has 8 heteroatoms. The van der Waals surface area contributed by atoms with E-state index in [1.165, 1.54) is 11.3 Å². The van der Waals surface area contributed by atoms with Crippen LogP contribution in [-0.2, 0) is 4.79 Å². The Balaban J connectivity index is 0.00000225. The van der Waals surface area contributed by atoms with Crippen molar-refractivity contribution in [3.63, 3.8) is 0 Å². The number of nitrogens with zero attached hydrogens (tertiary/aromatic N) is 3. The monoisotopic (exact) mass is 386 g/mol. The molecule has 0 bridgehead atoms. The van der Waals surface area contributed by atoms with Gasteiger partial charge >= 0.3 is 0 Å². The zero-order chi connectivity index (χ0) is 17.2. The van der Waals surface area contributed by atoms with Gasteiger partial charge in [0.15, 0.2) is 0 Å². The molecular weight excluding hydrogens is 360 g/mol. The summed E-state index contributed by atoms with van der Waals surface area (Å²) in [5.41, 5.74) is 5.97. The number of carbonyl (C=O) groups excluding carboxylic acids is 2. The van der Waals surface area contributed by atoms with Gasteiger partial charge in [0, 0.05) is 32.7 Å².